The smallest absolute Gasteiger partial charge is 0.119 e. The van der Waals surface area contributed by atoms with Crippen LogP contribution in [-0.2, 0) is 0 Å². The molecule has 0 saturated carbocycles. The summed E-state index contributed by atoms with van der Waals surface area (Å²) in [7, 11) is 0. The van der Waals surface area contributed by atoms with Crippen LogP contribution in [0.2, 0.25) is 0 Å². The number of rotatable bonds is 9. The van der Waals surface area contributed by atoms with E-state index >= 15 is 0 Å². The lowest BCUT2D eigenvalue weighted by atomic mass is 10.1. The summed E-state index contributed by atoms with van der Waals surface area (Å²) in [4.78, 5) is 0. The average molecular weight is 553 g/mol. The van der Waals surface area contributed by atoms with Crippen molar-refractivity contribution in [2.45, 2.75) is 32.6 Å². The van der Waals surface area contributed by atoms with Gasteiger partial charge < -0.3 is 9.30 Å². The summed E-state index contributed by atoms with van der Waals surface area (Å²) in [6.45, 7) is 3.00. The van der Waals surface area contributed by atoms with Crippen molar-refractivity contribution >= 4 is 31.9 Å². The Bertz CT molecular complexity index is 1070. The summed E-state index contributed by atoms with van der Waals surface area (Å²) in [5.74, 6) is 0.924. The first kappa shape index (κ1) is 22.9. The van der Waals surface area contributed by atoms with Gasteiger partial charge in [-0.3, -0.25) is 0 Å². The van der Waals surface area contributed by atoms with Gasteiger partial charge in [0, 0.05) is 14.6 Å². The molecule has 1 aromatic heterocycles. The van der Waals surface area contributed by atoms with Crippen molar-refractivity contribution in [2.75, 3.05) is 6.61 Å². The Kier molecular flexibility index (Phi) is 7.88. The molecule has 4 rings (SSSR count). The number of benzene rings is 3. The van der Waals surface area contributed by atoms with Crippen LogP contribution < -0.4 is 4.74 Å². The van der Waals surface area contributed by atoms with Gasteiger partial charge in [0.2, 0.25) is 0 Å². The highest BCUT2D eigenvalue weighted by Crippen LogP contribution is 2.34. The van der Waals surface area contributed by atoms with Crippen LogP contribution in [0.15, 0.2) is 93.9 Å². The quantitative estimate of drug-likeness (QED) is 0.189. The fraction of sp³-hybridized carbons (Fsp3) is 0.214. The fourth-order valence-electron chi connectivity index (χ4n) is 3.82. The monoisotopic (exact) mass is 551 g/mol. The molecule has 0 radical (unpaired) electrons. The van der Waals surface area contributed by atoms with Crippen LogP contribution in [0.25, 0.3) is 28.2 Å². The van der Waals surface area contributed by atoms with Gasteiger partial charge in [-0.2, -0.15) is 0 Å². The summed E-state index contributed by atoms with van der Waals surface area (Å²) in [5.41, 5.74) is 5.78. The Morgan fingerprint density at radius 2 is 1.16 bits per heavy atom. The first-order valence-electron chi connectivity index (χ1n) is 11.1. The minimum Gasteiger partial charge on any atom is -0.494 e. The fourth-order valence-corrected chi connectivity index (χ4v) is 4.35. The van der Waals surface area contributed by atoms with Gasteiger partial charge in [0.05, 0.1) is 18.0 Å². The molecule has 0 unspecified atom stereocenters. The Hall–Kier alpha value is -2.30. The van der Waals surface area contributed by atoms with E-state index in [1.165, 1.54) is 30.4 Å². The van der Waals surface area contributed by atoms with E-state index in [2.05, 4.69) is 128 Å². The van der Waals surface area contributed by atoms with Crippen LogP contribution >= 0.6 is 31.9 Å². The van der Waals surface area contributed by atoms with Crippen LogP contribution in [0, 0.1) is 0 Å². The van der Waals surface area contributed by atoms with Gasteiger partial charge in [0.25, 0.3) is 0 Å². The second-order valence-corrected chi connectivity index (χ2v) is 9.69. The van der Waals surface area contributed by atoms with E-state index in [0.29, 0.717) is 0 Å². The van der Waals surface area contributed by atoms with E-state index in [9.17, 15) is 0 Å². The molecule has 0 fully saturated rings. The second kappa shape index (κ2) is 11.0. The van der Waals surface area contributed by atoms with Gasteiger partial charge in [-0.05, 0) is 78.2 Å². The SMILES string of the molecule is CCCCCCOc1ccc(-n2c(-c3ccc(Br)cc3)ccc2-c2ccc(Br)cc2)cc1. The van der Waals surface area contributed by atoms with Crippen LogP contribution in [-0.4, -0.2) is 11.2 Å². The van der Waals surface area contributed by atoms with Crippen LogP contribution in [0.4, 0.5) is 0 Å². The Balaban J connectivity index is 1.67. The molecule has 0 aliphatic rings. The first-order chi connectivity index (χ1) is 15.7. The number of unbranched alkanes of at least 4 members (excludes halogenated alkanes) is 3. The Morgan fingerprint density at radius 3 is 1.66 bits per heavy atom. The van der Waals surface area contributed by atoms with Crippen LogP contribution in [0.5, 0.6) is 5.75 Å². The topological polar surface area (TPSA) is 14.2 Å². The van der Waals surface area contributed by atoms with E-state index in [-0.39, 0.29) is 0 Å². The van der Waals surface area contributed by atoms with Gasteiger partial charge in [-0.25, -0.2) is 0 Å². The zero-order chi connectivity index (χ0) is 22.3. The summed E-state index contributed by atoms with van der Waals surface area (Å²) in [6.07, 6.45) is 4.85. The summed E-state index contributed by atoms with van der Waals surface area (Å²) in [5, 5.41) is 0. The summed E-state index contributed by atoms with van der Waals surface area (Å²) in [6, 6.07) is 29.8. The van der Waals surface area contributed by atoms with Gasteiger partial charge in [0.1, 0.15) is 5.75 Å². The van der Waals surface area contributed by atoms with E-state index in [1.54, 1.807) is 0 Å². The highest BCUT2D eigenvalue weighted by Gasteiger charge is 2.14. The molecule has 0 bridgehead atoms. The van der Waals surface area contributed by atoms with Crippen molar-refractivity contribution < 1.29 is 4.74 Å². The van der Waals surface area contributed by atoms with Gasteiger partial charge in [-0.15, -0.1) is 0 Å². The molecule has 4 heteroatoms. The third kappa shape index (κ3) is 5.54. The van der Waals surface area contributed by atoms with Crippen molar-refractivity contribution in [1.29, 1.82) is 0 Å². The predicted molar refractivity (Wildman–Crippen MR) is 142 cm³/mol. The van der Waals surface area contributed by atoms with Crippen molar-refractivity contribution in [3.8, 4) is 34.0 Å². The summed E-state index contributed by atoms with van der Waals surface area (Å²) < 4.78 is 10.4. The zero-order valence-electron chi connectivity index (χ0n) is 18.2. The summed E-state index contributed by atoms with van der Waals surface area (Å²) >= 11 is 7.09. The molecule has 0 N–H and O–H groups in total. The Labute approximate surface area is 207 Å². The third-order valence-electron chi connectivity index (χ3n) is 5.52. The van der Waals surface area contributed by atoms with Crippen molar-refractivity contribution in [2.24, 2.45) is 0 Å². The largest absolute Gasteiger partial charge is 0.494 e. The number of nitrogens with zero attached hydrogens (tertiary/aromatic N) is 1. The maximum Gasteiger partial charge on any atom is 0.119 e. The van der Waals surface area contributed by atoms with E-state index in [1.807, 2.05) is 0 Å². The van der Waals surface area contributed by atoms with E-state index in [0.717, 1.165) is 44.8 Å². The number of hydrogen-bond acceptors (Lipinski definition) is 1. The van der Waals surface area contributed by atoms with Crippen LogP contribution in [0.3, 0.4) is 0 Å². The molecule has 0 amide bonds. The lowest BCUT2D eigenvalue weighted by Crippen LogP contribution is -2.01. The molecule has 2 nitrogen and oxygen atoms in total. The number of hydrogen-bond donors (Lipinski definition) is 0. The molecule has 0 aliphatic carbocycles. The lowest BCUT2D eigenvalue weighted by molar-refractivity contribution is 0.305. The maximum absolute atomic E-state index is 5.96. The van der Waals surface area contributed by atoms with Crippen molar-refractivity contribution in [3.05, 3.63) is 93.9 Å². The maximum atomic E-state index is 5.96. The van der Waals surface area contributed by atoms with Gasteiger partial charge in [0.15, 0.2) is 0 Å². The predicted octanol–water partition coefficient (Wildman–Crippen LogP) is 9.30. The molecule has 3 aromatic carbocycles. The van der Waals surface area contributed by atoms with Crippen molar-refractivity contribution in [3.63, 3.8) is 0 Å². The molecule has 32 heavy (non-hydrogen) atoms. The molecule has 1 heterocycles. The molecule has 4 aromatic rings. The molecule has 0 aliphatic heterocycles. The van der Waals surface area contributed by atoms with E-state index < -0.39 is 0 Å². The zero-order valence-corrected chi connectivity index (χ0v) is 21.4. The first-order valence-corrected chi connectivity index (χ1v) is 12.7. The van der Waals surface area contributed by atoms with Crippen molar-refractivity contribution in [1.82, 2.24) is 4.57 Å². The highest BCUT2D eigenvalue weighted by molar-refractivity contribution is 9.10. The standard InChI is InChI=1S/C28H27Br2NO/c1-2-3-4-5-20-32-26-16-14-25(15-17-26)31-27(21-6-10-23(29)11-7-21)18-19-28(31)22-8-12-24(30)13-9-22/h6-19H,2-5,20H2,1H3. The average Bonchev–Trinajstić information content (AvgIpc) is 3.25. The molecule has 0 atom stereocenters. The highest BCUT2D eigenvalue weighted by atomic mass is 79.9. The van der Waals surface area contributed by atoms with Gasteiger partial charge in [-0.1, -0.05) is 82.3 Å². The van der Waals surface area contributed by atoms with Gasteiger partial charge >= 0.3 is 0 Å². The Morgan fingerprint density at radius 1 is 0.625 bits per heavy atom. The third-order valence-corrected chi connectivity index (χ3v) is 6.58. The number of halogens is 2. The molecular weight excluding hydrogens is 526 g/mol. The molecule has 0 saturated heterocycles. The lowest BCUT2D eigenvalue weighted by Gasteiger charge is -2.15. The molecular formula is C28H27Br2NO. The minimum absolute atomic E-state index is 0.775. The second-order valence-electron chi connectivity index (χ2n) is 7.86. The van der Waals surface area contributed by atoms with E-state index in [4.69, 9.17) is 4.74 Å². The number of aromatic nitrogens is 1. The number of ether oxygens (including phenoxy) is 1. The van der Waals surface area contributed by atoms with Crippen LogP contribution in [0.1, 0.15) is 32.6 Å². The molecule has 164 valence electrons. The molecule has 0 spiro atoms. The normalized spacial score (nSPS) is 11.0. The minimum atomic E-state index is 0.775.